The molecule has 0 spiro atoms. The Hall–Kier alpha value is -2.37. The molecule has 6 heteroatoms. The molecule has 1 atom stereocenters. The molecule has 27 heavy (non-hydrogen) atoms. The maximum atomic E-state index is 12.6. The summed E-state index contributed by atoms with van der Waals surface area (Å²) in [5, 5.41) is 3.48. The second-order valence-electron chi connectivity index (χ2n) is 6.86. The number of hydrogen-bond donors (Lipinski definition) is 2. The van der Waals surface area contributed by atoms with Crippen LogP contribution in [0.1, 0.15) is 22.8 Å². The number of piperazine rings is 1. The van der Waals surface area contributed by atoms with E-state index in [0.29, 0.717) is 30.2 Å². The van der Waals surface area contributed by atoms with Gasteiger partial charge in [0.15, 0.2) is 6.04 Å². The van der Waals surface area contributed by atoms with Gasteiger partial charge in [0.1, 0.15) is 0 Å². The molecule has 1 saturated heterocycles. The van der Waals surface area contributed by atoms with Crippen LogP contribution < -0.4 is 10.2 Å². The highest BCUT2D eigenvalue weighted by Gasteiger charge is 2.31. The molecule has 1 fully saturated rings. The van der Waals surface area contributed by atoms with Crippen LogP contribution in [0, 0.1) is 0 Å². The number of amides is 2. The van der Waals surface area contributed by atoms with Gasteiger partial charge in [0.2, 0.25) is 0 Å². The van der Waals surface area contributed by atoms with Crippen LogP contribution in [0.2, 0.25) is 5.02 Å². The molecule has 2 aromatic carbocycles. The van der Waals surface area contributed by atoms with Gasteiger partial charge in [-0.1, -0.05) is 54.1 Å². The first-order valence-electron chi connectivity index (χ1n) is 9.26. The second-order valence-corrected chi connectivity index (χ2v) is 7.26. The summed E-state index contributed by atoms with van der Waals surface area (Å²) in [6.07, 6.45) is 0. The van der Waals surface area contributed by atoms with Gasteiger partial charge in [-0.05, 0) is 24.6 Å². The summed E-state index contributed by atoms with van der Waals surface area (Å²) in [5.41, 5.74) is 1.62. The lowest BCUT2D eigenvalue weighted by Crippen LogP contribution is -3.19. The summed E-state index contributed by atoms with van der Waals surface area (Å²) in [6.45, 7) is 5.22. The van der Waals surface area contributed by atoms with Crippen molar-refractivity contribution in [2.75, 3.05) is 26.2 Å². The predicted octanol–water partition coefficient (Wildman–Crippen LogP) is 1.39. The van der Waals surface area contributed by atoms with Gasteiger partial charge in [-0.15, -0.1) is 0 Å². The Balaban J connectivity index is 1.50. The van der Waals surface area contributed by atoms with Gasteiger partial charge < -0.3 is 15.1 Å². The standard InChI is InChI=1S/C21H24ClN3O2/c1-16(20(26)23-15-17-7-3-2-4-8-17)24-11-13-25(14-12-24)21(27)18-9-5-6-10-19(18)22/h2-10,16H,11-15H2,1H3,(H,23,26)/p+1/t16-/m0/s1. The largest absolute Gasteiger partial charge is 0.347 e. The fourth-order valence-corrected chi connectivity index (χ4v) is 3.58. The monoisotopic (exact) mass is 386 g/mol. The summed E-state index contributed by atoms with van der Waals surface area (Å²) in [7, 11) is 0. The molecular weight excluding hydrogens is 362 g/mol. The van der Waals surface area contributed by atoms with Crippen molar-refractivity contribution in [3.8, 4) is 0 Å². The molecule has 1 aliphatic heterocycles. The fourth-order valence-electron chi connectivity index (χ4n) is 3.36. The molecule has 0 saturated carbocycles. The highest BCUT2D eigenvalue weighted by molar-refractivity contribution is 6.33. The van der Waals surface area contributed by atoms with Crippen LogP contribution in [0.25, 0.3) is 0 Å². The molecule has 1 heterocycles. The van der Waals surface area contributed by atoms with E-state index in [1.165, 1.54) is 4.90 Å². The van der Waals surface area contributed by atoms with Crippen LogP contribution in [0.5, 0.6) is 0 Å². The van der Waals surface area contributed by atoms with Gasteiger partial charge in [-0.3, -0.25) is 9.59 Å². The van der Waals surface area contributed by atoms with Crippen molar-refractivity contribution in [3.63, 3.8) is 0 Å². The first kappa shape index (κ1) is 19.4. The highest BCUT2D eigenvalue weighted by atomic mass is 35.5. The SMILES string of the molecule is C[C@@H](C(=O)NCc1ccccc1)[NH+]1CCN(C(=O)c2ccccc2Cl)CC1. The minimum absolute atomic E-state index is 0.0409. The third kappa shape index (κ3) is 4.87. The van der Waals surface area contributed by atoms with E-state index in [1.54, 1.807) is 12.1 Å². The van der Waals surface area contributed by atoms with Crippen LogP contribution in [-0.2, 0) is 11.3 Å². The molecule has 0 aliphatic carbocycles. The van der Waals surface area contributed by atoms with Gasteiger partial charge in [0.25, 0.3) is 11.8 Å². The number of halogens is 1. The van der Waals surface area contributed by atoms with Crippen molar-refractivity contribution < 1.29 is 14.5 Å². The van der Waals surface area contributed by atoms with Gasteiger partial charge in [-0.25, -0.2) is 0 Å². The van der Waals surface area contributed by atoms with E-state index in [2.05, 4.69) is 5.32 Å². The Labute approximate surface area is 164 Å². The smallest absolute Gasteiger partial charge is 0.278 e. The number of carbonyl (C=O) groups is 2. The summed E-state index contributed by atoms with van der Waals surface area (Å²) < 4.78 is 0. The molecule has 2 N–H and O–H groups in total. The van der Waals surface area contributed by atoms with E-state index < -0.39 is 0 Å². The number of rotatable bonds is 5. The normalized spacial score (nSPS) is 16.0. The summed E-state index contributed by atoms with van der Waals surface area (Å²) >= 11 is 6.14. The second kappa shape index (κ2) is 9.02. The fraction of sp³-hybridized carbons (Fsp3) is 0.333. The van der Waals surface area contributed by atoms with Crippen molar-refractivity contribution in [3.05, 3.63) is 70.7 Å². The Bertz CT molecular complexity index is 789. The topological polar surface area (TPSA) is 53.9 Å². The molecular formula is C21H25ClN3O2+. The molecule has 0 aromatic heterocycles. The average Bonchev–Trinajstić information content (AvgIpc) is 2.72. The van der Waals surface area contributed by atoms with Crippen LogP contribution in [-0.4, -0.2) is 48.9 Å². The number of quaternary nitrogens is 1. The zero-order chi connectivity index (χ0) is 19.2. The number of hydrogen-bond acceptors (Lipinski definition) is 2. The van der Waals surface area contributed by atoms with Crippen molar-refractivity contribution >= 4 is 23.4 Å². The maximum absolute atomic E-state index is 12.6. The number of benzene rings is 2. The third-order valence-electron chi connectivity index (χ3n) is 5.11. The summed E-state index contributed by atoms with van der Waals surface area (Å²) in [5.74, 6) is 0.000524. The summed E-state index contributed by atoms with van der Waals surface area (Å²) in [4.78, 5) is 28.1. The van der Waals surface area contributed by atoms with Crippen LogP contribution >= 0.6 is 11.6 Å². The predicted molar refractivity (Wildman–Crippen MR) is 106 cm³/mol. The van der Waals surface area contributed by atoms with Crippen molar-refractivity contribution in [2.45, 2.75) is 19.5 Å². The first-order valence-corrected chi connectivity index (χ1v) is 9.64. The van der Waals surface area contributed by atoms with Crippen LogP contribution in [0.3, 0.4) is 0 Å². The van der Waals surface area contributed by atoms with Gasteiger partial charge in [0, 0.05) is 6.54 Å². The Morgan fingerprint density at radius 1 is 1.07 bits per heavy atom. The number of carbonyl (C=O) groups excluding carboxylic acids is 2. The van der Waals surface area contributed by atoms with Crippen molar-refractivity contribution in [2.24, 2.45) is 0 Å². The molecule has 0 radical (unpaired) electrons. The minimum atomic E-state index is -0.147. The lowest BCUT2D eigenvalue weighted by Gasteiger charge is -2.35. The quantitative estimate of drug-likeness (QED) is 0.815. The molecule has 0 bridgehead atoms. The van der Waals surface area contributed by atoms with Crippen molar-refractivity contribution in [1.82, 2.24) is 10.2 Å². The lowest BCUT2D eigenvalue weighted by molar-refractivity contribution is -0.917. The van der Waals surface area contributed by atoms with E-state index in [-0.39, 0.29) is 17.9 Å². The van der Waals surface area contributed by atoms with E-state index in [0.717, 1.165) is 18.7 Å². The highest BCUT2D eigenvalue weighted by Crippen LogP contribution is 2.17. The Kier molecular flexibility index (Phi) is 6.48. The maximum Gasteiger partial charge on any atom is 0.278 e. The van der Waals surface area contributed by atoms with E-state index in [4.69, 9.17) is 11.6 Å². The minimum Gasteiger partial charge on any atom is -0.347 e. The Morgan fingerprint density at radius 3 is 2.37 bits per heavy atom. The van der Waals surface area contributed by atoms with E-state index in [1.807, 2.05) is 54.3 Å². The first-order chi connectivity index (χ1) is 13.1. The third-order valence-corrected chi connectivity index (χ3v) is 5.44. The summed E-state index contributed by atoms with van der Waals surface area (Å²) in [6, 6.07) is 16.9. The van der Waals surface area contributed by atoms with Gasteiger partial charge >= 0.3 is 0 Å². The van der Waals surface area contributed by atoms with E-state index in [9.17, 15) is 9.59 Å². The van der Waals surface area contributed by atoms with Crippen LogP contribution in [0.15, 0.2) is 54.6 Å². The van der Waals surface area contributed by atoms with Gasteiger partial charge in [-0.2, -0.15) is 0 Å². The molecule has 2 aromatic rings. The number of nitrogens with one attached hydrogen (secondary N) is 2. The molecule has 1 aliphatic rings. The average molecular weight is 387 g/mol. The molecule has 5 nitrogen and oxygen atoms in total. The Morgan fingerprint density at radius 2 is 1.70 bits per heavy atom. The van der Waals surface area contributed by atoms with E-state index >= 15 is 0 Å². The van der Waals surface area contributed by atoms with Gasteiger partial charge in [0.05, 0.1) is 36.8 Å². The molecule has 142 valence electrons. The van der Waals surface area contributed by atoms with Crippen molar-refractivity contribution in [1.29, 1.82) is 0 Å². The molecule has 3 rings (SSSR count). The molecule has 0 unspecified atom stereocenters. The zero-order valence-electron chi connectivity index (χ0n) is 15.5. The number of nitrogens with zero attached hydrogens (tertiary/aromatic N) is 1. The van der Waals surface area contributed by atoms with Crippen LogP contribution in [0.4, 0.5) is 0 Å². The molecule has 2 amide bonds. The zero-order valence-corrected chi connectivity index (χ0v) is 16.2. The lowest BCUT2D eigenvalue weighted by atomic mass is 10.1.